The van der Waals surface area contributed by atoms with Gasteiger partial charge in [-0.25, -0.2) is 4.39 Å². The Bertz CT molecular complexity index is 689. The predicted octanol–water partition coefficient (Wildman–Crippen LogP) is 1.54. The van der Waals surface area contributed by atoms with Gasteiger partial charge in [-0.15, -0.1) is 0 Å². The third-order valence-electron chi connectivity index (χ3n) is 4.68. The van der Waals surface area contributed by atoms with E-state index in [-0.39, 0.29) is 42.6 Å². The molecule has 1 unspecified atom stereocenters. The van der Waals surface area contributed by atoms with E-state index in [1.54, 1.807) is 19.1 Å². The number of halogens is 1. The van der Waals surface area contributed by atoms with Crippen molar-refractivity contribution in [2.45, 2.75) is 25.8 Å². The molecule has 3 atom stereocenters. The number of hydrogen-bond acceptors (Lipinski definition) is 3. The fourth-order valence-electron chi connectivity index (χ4n) is 3.25. The number of carbonyl (C=O) groups excluding carboxylic acids is 2. The van der Waals surface area contributed by atoms with Crippen LogP contribution in [0.2, 0.25) is 0 Å². The van der Waals surface area contributed by atoms with Gasteiger partial charge in [0.25, 0.3) is 0 Å². The number of aliphatic hydroxyl groups excluding tert-OH is 1. The molecule has 2 amide bonds. The van der Waals surface area contributed by atoms with Crippen molar-refractivity contribution in [3.8, 4) is 0 Å². The smallest absolute Gasteiger partial charge is 0.227 e. The van der Waals surface area contributed by atoms with Crippen LogP contribution < -0.4 is 10.2 Å². The summed E-state index contributed by atoms with van der Waals surface area (Å²) in [5.74, 6) is -0.927. The van der Waals surface area contributed by atoms with E-state index in [9.17, 15) is 14.0 Å². The van der Waals surface area contributed by atoms with E-state index >= 15 is 0 Å². The summed E-state index contributed by atoms with van der Waals surface area (Å²) in [5, 5.41) is 12.0. The SMILES string of the molecule is Cc1cc(N2CC(C(=O)N[C@@H]3C=C[C@H](CO)C3)CC2=O)ccc1F. The largest absolute Gasteiger partial charge is 0.396 e. The van der Waals surface area contributed by atoms with Gasteiger partial charge >= 0.3 is 0 Å². The first-order valence-electron chi connectivity index (χ1n) is 8.14. The maximum absolute atomic E-state index is 13.4. The number of aliphatic hydroxyl groups is 1. The minimum absolute atomic E-state index is 0.0719. The molecule has 1 aromatic carbocycles. The zero-order chi connectivity index (χ0) is 17.3. The highest BCUT2D eigenvalue weighted by Gasteiger charge is 2.36. The van der Waals surface area contributed by atoms with Crippen molar-refractivity contribution in [3.63, 3.8) is 0 Å². The Morgan fingerprint density at radius 3 is 2.88 bits per heavy atom. The normalized spacial score (nSPS) is 26.2. The van der Waals surface area contributed by atoms with E-state index in [1.165, 1.54) is 11.0 Å². The zero-order valence-electron chi connectivity index (χ0n) is 13.5. The molecule has 1 fully saturated rings. The van der Waals surface area contributed by atoms with Gasteiger partial charge in [0, 0.05) is 37.2 Å². The summed E-state index contributed by atoms with van der Waals surface area (Å²) in [6.07, 6.45) is 4.63. The number of carbonyl (C=O) groups is 2. The standard InChI is InChI=1S/C18H21FN2O3/c1-11-6-15(4-5-16(11)19)21-9-13(8-17(21)23)18(24)20-14-3-2-12(7-14)10-22/h2-6,12-14,22H,7-10H2,1H3,(H,20,24)/t12-,13?,14+/m0/s1. The van der Waals surface area contributed by atoms with Crippen molar-refractivity contribution in [3.05, 3.63) is 41.7 Å². The van der Waals surface area contributed by atoms with Crippen LogP contribution in [0.4, 0.5) is 10.1 Å². The van der Waals surface area contributed by atoms with Crippen LogP contribution in [0, 0.1) is 24.6 Å². The second kappa shape index (κ2) is 6.73. The maximum atomic E-state index is 13.4. The van der Waals surface area contributed by atoms with Crippen molar-refractivity contribution in [2.24, 2.45) is 11.8 Å². The van der Waals surface area contributed by atoms with Gasteiger partial charge in [0.1, 0.15) is 5.82 Å². The summed E-state index contributed by atoms with van der Waals surface area (Å²) in [6.45, 7) is 2.02. The first kappa shape index (κ1) is 16.6. The molecular formula is C18H21FN2O3. The lowest BCUT2D eigenvalue weighted by Crippen LogP contribution is -2.38. The highest BCUT2D eigenvalue weighted by Crippen LogP contribution is 2.27. The molecule has 5 nitrogen and oxygen atoms in total. The van der Waals surface area contributed by atoms with E-state index in [2.05, 4.69) is 5.32 Å². The van der Waals surface area contributed by atoms with Gasteiger partial charge in [0.05, 0.1) is 5.92 Å². The number of aryl methyl sites for hydroxylation is 1. The molecule has 0 bridgehead atoms. The Kier molecular flexibility index (Phi) is 4.66. The summed E-state index contributed by atoms with van der Waals surface area (Å²) in [6, 6.07) is 4.43. The van der Waals surface area contributed by atoms with Crippen LogP contribution >= 0.6 is 0 Å². The third kappa shape index (κ3) is 3.33. The summed E-state index contributed by atoms with van der Waals surface area (Å²) in [5.41, 5.74) is 1.09. The molecular weight excluding hydrogens is 311 g/mol. The van der Waals surface area contributed by atoms with E-state index in [4.69, 9.17) is 5.11 Å². The molecule has 1 aromatic rings. The van der Waals surface area contributed by atoms with Gasteiger partial charge in [-0.05, 0) is 37.1 Å². The fourth-order valence-corrected chi connectivity index (χ4v) is 3.25. The fraction of sp³-hybridized carbons (Fsp3) is 0.444. The summed E-state index contributed by atoms with van der Waals surface area (Å²) in [4.78, 5) is 26.2. The zero-order valence-corrected chi connectivity index (χ0v) is 13.5. The van der Waals surface area contributed by atoms with Crippen LogP contribution in [0.25, 0.3) is 0 Å². The second-order valence-electron chi connectivity index (χ2n) is 6.52. The van der Waals surface area contributed by atoms with E-state index < -0.39 is 5.92 Å². The van der Waals surface area contributed by atoms with Gasteiger partial charge in [0.15, 0.2) is 0 Å². The average molecular weight is 332 g/mol. The van der Waals surface area contributed by atoms with Crippen LogP contribution in [-0.4, -0.2) is 36.1 Å². The number of hydrogen-bond donors (Lipinski definition) is 2. The topological polar surface area (TPSA) is 69.6 Å². The Morgan fingerprint density at radius 1 is 1.42 bits per heavy atom. The summed E-state index contributed by atoms with van der Waals surface area (Å²) < 4.78 is 13.4. The monoisotopic (exact) mass is 332 g/mol. The number of amides is 2. The molecule has 128 valence electrons. The molecule has 0 radical (unpaired) electrons. The lowest BCUT2D eigenvalue weighted by Gasteiger charge is -2.18. The first-order chi connectivity index (χ1) is 11.5. The van der Waals surface area contributed by atoms with Crippen molar-refractivity contribution in [1.82, 2.24) is 5.32 Å². The molecule has 0 aromatic heterocycles. The number of benzene rings is 1. The lowest BCUT2D eigenvalue weighted by atomic mass is 10.1. The quantitative estimate of drug-likeness (QED) is 0.822. The highest BCUT2D eigenvalue weighted by atomic mass is 19.1. The maximum Gasteiger partial charge on any atom is 0.227 e. The van der Waals surface area contributed by atoms with Crippen molar-refractivity contribution >= 4 is 17.5 Å². The molecule has 2 N–H and O–H groups in total. The van der Waals surface area contributed by atoms with Gasteiger partial charge in [0.2, 0.25) is 11.8 Å². The van der Waals surface area contributed by atoms with E-state index in [1.807, 2.05) is 12.2 Å². The number of rotatable bonds is 4. The minimum Gasteiger partial charge on any atom is -0.396 e. The molecule has 1 aliphatic heterocycles. The van der Waals surface area contributed by atoms with Crippen molar-refractivity contribution in [1.29, 1.82) is 0 Å². The van der Waals surface area contributed by atoms with Gasteiger partial charge in [-0.2, -0.15) is 0 Å². The van der Waals surface area contributed by atoms with Crippen LogP contribution in [-0.2, 0) is 9.59 Å². The molecule has 6 heteroatoms. The van der Waals surface area contributed by atoms with E-state index in [0.717, 1.165) is 0 Å². The Hall–Kier alpha value is -2.21. The summed E-state index contributed by atoms with van der Waals surface area (Å²) >= 11 is 0. The molecule has 3 rings (SSSR count). The minimum atomic E-state index is -0.413. The molecule has 1 aliphatic carbocycles. The first-order valence-corrected chi connectivity index (χ1v) is 8.14. The molecule has 2 aliphatic rings. The van der Waals surface area contributed by atoms with E-state index in [0.29, 0.717) is 24.2 Å². The second-order valence-corrected chi connectivity index (χ2v) is 6.52. The predicted molar refractivity (Wildman–Crippen MR) is 87.9 cm³/mol. The number of nitrogens with zero attached hydrogens (tertiary/aromatic N) is 1. The molecule has 1 heterocycles. The highest BCUT2D eigenvalue weighted by molar-refractivity contribution is 6.00. The van der Waals surface area contributed by atoms with Crippen LogP contribution in [0.3, 0.4) is 0 Å². The Labute approximate surface area is 140 Å². The van der Waals surface area contributed by atoms with Gasteiger partial charge in [-0.1, -0.05) is 12.2 Å². The molecule has 0 saturated carbocycles. The Morgan fingerprint density at radius 2 is 2.21 bits per heavy atom. The molecule has 24 heavy (non-hydrogen) atoms. The van der Waals surface area contributed by atoms with Gasteiger partial charge < -0.3 is 15.3 Å². The number of nitrogens with one attached hydrogen (secondary N) is 1. The average Bonchev–Trinajstić information content (AvgIpc) is 3.16. The van der Waals surface area contributed by atoms with Crippen LogP contribution in [0.1, 0.15) is 18.4 Å². The lowest BCUT2D eigenvalue weighted by molar-refractivity contribution is -0.126. The van der Waals surface area contributed by atoms with Crippen molar-refractivity contribution < 1.29 is 19.1 Å². The summed E-state index contributed by atoms with van der Waals surface area (Å²) in [7, 11) is 0. The van der Waals surface area contributed by atoms with Crippen molar-refractivity contribution in [2.75, 3.05) is 18.1 Å². The molecule has 0 spiro atoms. The van der Waals surface area contributed by atoms with Crippen LogP contribution in [0.5, 0.6) is 0 Å². The van der Waals surface area contributed by atoms with Gasteiger partial charge in [-0.3, -0.25) is 9.59 Å². The van der Waals surface area contributed by atoms with Crippen LogP contribution in [0.15, 0.2) is 30.4 Å². The number of anilines is 1. The Balaban J connectivity index is 1.63. The third-order valence-corrected chi connectivity index (χ3v) is 4.68. The molecule has 1 saturated heterocycles.